The minimum absolute atomic E-state index is 0.0535. The SMILES string of the molecule is O=C(NC1CCC(F)(F)CC1)[C@H](c1ccccc1Cl)N(C(=O)C1CCC(=O)N1c1ncccn1)[C@H]1C=CC[C@@H](F)C1. The van der Waals surface area contributed by atoms with E-state index in [1.54, 1.807) is 42.5 Å². The number of nitrogens with zero attached hydrogens (tertiary/aromatic N) is 4. The van der Waals surface area contributed by atoms with E-state index >= 15 is 0 Å². The summed E-state index contributed by atoms with van der Waals surface area (Å²) in [6, 6.07) is 4.42. The van der Waals surface area contributed by atoms with Crippen molar-refractivity contribution in [3.8, 4) is 0 Å². The lowest BCUT2D eigenvalue weighted by Gasteiger charge is -2.41. The van der Waals surface area contributed by atoms with Crippen molar-refractivity contribution in [3.05, 3.63) is 65.5 Å². The number of hydrogen-bond donors (Lipinski definition) is 1. The van der Waals surface area contributed by atoms with Gasteiger partial charge in [0.1, 0.15) is 18.3 Å². The van der Waals surface area contributed by atoms with Gasteiger partial charge in [0.2, 0.25) is 29.6 Å². The molecule has 8 nitrogen and oxygen atoms in total. The first-order chi connectivity index (χ1) is 19.6. The fourth-order valence-corrected chi connectivity index (χ4v) is 6.08. The Kier molecular flexibility index (Phi) is 8.63. The molecule has 1 aliphatic heterocycles. The largest absolute Gasteiger partial charge is 0.351 e. The van der Waals surface area contributed by atoms with Crippen molar-refractivity contribution in [2.45, 2.75) is 87.6 Å². The molecule has 0 radical (unpaired) electrons. The van der Waals surface area contributed by atoms with E-state index in [1.807, 2.05) is 0 Å². The highest BCUT2D eigenvalue weighted by Crippen LogP contribution is 2.37. The molecular weight excluding hydrogens is 559 g/mol. The molecule has 0 spiro atoms. The maximum absolute atomic E-state index is 14.8. The molecular formula is C29H31ClF3N5O3. The third-order valence-electron chi connectivity index (χ3n) is 7.91. The van der Waals surface area contributed by atoms with Crippen LogP contribution in [0.15, 0.2) is 54.9 Å². The molecule has 1 aromatic heterocycles. The van der Waals surface area contributed by atoms with Gasteiger partial charge in [0, 0.05) is 54.7 Å². The van der Waals surface area contributed by atoms with Crippen LogP contribution >= 0.6 is 11.6 Å². The number of rotatable bonds is 7. The number of hydrogen-bond acceptors (Lipinski definition) is 5. The molecule has 5 rings (SSSR count). The molecule has 4 atom stereocenters. The van der Waals surface area contributed by atoms with E-state index < -0.39 is 48.1 Å². The Morgan fingerprint density at radius 3 is 2.49 bits per heavy atom. The van der Waals surface area contributed by atoms with Crippen molar-refractivity contribution in [1.82, 2.24) is 20.2 Å². The fourth-order valence-electron chi connectivity index (χ4n) is 5.84. The highest BCUT2D eigenvalue weighted by atomic mass is 35.5. The molecule has 2 fully saturated rings. The molecule has 3 aliphatic rings. The van der Waals surface area contributed by atoms with Crippen LogP contribution < -0.4 is 10.2 Å². The molecule has 218 valence electrons. The lowest BCUT2D eigenvalue weighted by atomic mass is 9.91. The van der Waals surface area contributed by atoms with E-state index in [0.717, 1.165) is 0 Å². The second-order valence-electron chi connectivity index (χ2n) is 10.7. The van der Waals surface area contributed by atoms with Crippen molar-refractivity contribution in [1.29, 1.82) is 0 Å². The van der Waals surface area contributed by atoms with E-state index in [0.29, 0.717) is 5.56 Å². The van der Waals surface area contributed by atoms with Crippen molar-refractivity contribution >= 4 is 35.3 Å². The Labute approximate surface area is 241 Å². The van der Waals surface area contributed by atoms with Crippen LogP contribution in [0.1, 0.15) is 63.0 Å². The van der Waals surface area contributed by atoms with E-state index in [9.17, 15) is 27.6 Å². The molecule has 0 bridgehead atoms. The van der Waals surface area contributed by atoms with Gasteiger partial charge in [-0.05, 0) is 37.8 Å². The summed E-state index contributed by atoms with van der Waals surface area (Å²) in [5.74, 6) is -4.27. The van der Waals surface area contributed by atoms with Gasteiger partial charge in [-0.3, -0.25) is 19.3 Å². The van der Waals surface area contributed by atoms with Crippen LogP contribution in [0.3, 0.4) is 0 Å². The van der Waals surface area contributed by atoms with E-state index in [2.05, 4.69) is 15.3 Å². The number of nitrogens with one attached hydrogen (secondary N) is 1. The van der Waals surface area contributed by atoms with Gasteiger partial charge in [-0.25, -0.2) is 23.1 Å². The van der Waals surface area contributed by atoms with Gasteiger partial charge in [0.05, 0.1) is 6.04 Å². The third-order valence-corrected chi connectivity index (χ3v) is 8.26. The zero-order valence-electron chi connectivity index (χ0n) is 22.3. The molecule has 2 aliphatic carbocycles. The van der Waals surface area contributed by atoms with Crippen molar-refractivity contribution in [3.63, 3.8) is 0 Å². The van der Waals surface area contributed by atoms with Crippen LogP contribution in [0.4, 0.5) is 19.1 Å². The molecule has 1 saturated heterocycles. The topological polar surface area (TPSA) is 95.5 Å². The summed E-state index contributed by atoms with van der Waals surface area (Å²) in [5, 5.41) is 3.07. The van der Waals surface area contributed by atoms with Gasteiger partial charge in [-0.15, -0.1) is 0 Å². The predicted molar refractivity (Wildman–Crippen MR) is 146 cm³/mol. The summed E-state index contributed by atoms with van der Waals surface area (Å²) in [7, 11) is 0. The first-order valence-corrected chi connectivity index (χ1v) is 14.2. The Balaban J connectivity index is 1.55. The monoisotopic (exact) mass is 589 g/mol. The van der Waals surface area contributed by atoms with Crippen LogP contribution in [0, 0.1) is 0 Å². The number of alkyl halides is 3. The quantitative estimate of drug-likeness (QED) is 0.461. The van der Waals surface area contributed by atoms with E-state index in [-0.39, 0.29) is 68.2 Å². The van der Waals surface area contributed by atoms with Gasteiger partial charge in [0.15, 0.2) is 0 Å². The maximum Gasteiger partial charge on any atom is 0.248 e. The molecule has 3 amide bonds. The van der Waals surface area contributed by atoms with Crippen LogP contribution in [-0.2, 0) is 14.4 Å². The summed E-state index contributed by atoms with van der Waals surface area (Å²) >= 11 is 6.57. The van der Waals surface area contributed by atoms with Gasteiger partial charge in [0.25, 0.3) is 0 Å². The zero-order valence-corrected chi connectivity index (χ0v) is 23.0. The maximum atomic E-state index is 14.8. The summed E-state index contributed by atoms with van der Waals surface area (Å²) in [6.07, 6.45) is 4.73. The van der Waals surface area contributed by atoms with Gasteiger partial charge in [-0.2, -0.15) is 0 Å². The Morgan fingerprint density at radius 1 is 1.10 bits per heavy atom. The molecule has 2 heterocycles. The average Bonchev–Trinajstić information content (AvgIpc) is 3.34. The summed E-state index contributed by atoms with van der Waals surface area (Å²) in [6.45, 7) is 0. The second-order valence-corrected chi connectivity index (χ2v) is 11.1. The lowest BCUT2D eigenvalue weighted by Crippen LogP contribution is -2.56. The van der Waals surface area contributed by atoms with Gasteiger partial charge < -0.3 is 10.2 Å². The highest BCUT2D eigenvalue weighted by Gasteiger charge is 2.47. The lowest BCUT2D eigenvalue weighted by molar-refractivity contribution is -0.145. The minimum Gasteiger partial charge on any atom is -0.351 e. The molecule has 2 aromatic rings. The van der Waals surface area contributed by atoms with Crippen molar-refractivity contribution < 1.29 is 27.6 Å². The third kappa shape index (κ3) is 6.39. The first-order valence-electron chi connectivity index (χ1n) is 13.8. The standard InChI is InChI=1S/C29H31ClF3N5O3/c30-22-8-2-1-7-21(22)25(26(40)36-19-11-13-29(32,33)14-12-19)37(20-6-3-5-18(31)17-20)27(41)23-9-10-24(39)38(23)28-34-15-4-16-35-28/h1-4,6-8,15-16,18-20,23,25H,5,9-14,17H2,(H,36,40)/t18-,20+,23?,25+/m1/s1. The Hall–Kier alpha value is -3.47. The Morgan fingerprint density at radius 2 is 1.80 bits per heavy atom. The second kappa shape index (κ2) is 12.2. The van der Waals surface area contributed by atoms with Gasteiger partial charge in [-0.1, -0.05) is 42.0 Å². The van der Waals surface area contributed by atoms with Crippen molar-refractivity contribution in [2.75, 3.05) is 4.90 Å². The molecule has 1 saturated carbocycles. The van der Waals surface area contributed by atoms with Crippen LogP contribution in [0.5, 0.6) is 0 Å². The van der Waals surface area contributed by atoms with E-state index in [1.165, 1.54) is 22.2 Å². The molecule has 41 heavy (non-hydrogen) atoms. The van der Waals surface area contributed by atoms with Gasteiger partial charge >= 0.3 is 0 Å². The Bertz CT molecular complexity index is 1300. The summed E-state index contributed by atoms with van der Waals surface area (Å²) in [5.41, 5.74) is 0.308. The predicted octanol–water partition coefficient (Wildman–Crippen LogP) is 4.95. The van der Waals surface area contributed by atoms with Crippen LogP contribution in [-0.4, -0.2) is 62.8 Å². The molecule has 1 unspecified atom stereocenters. The molecule has 1 aromatic carbocycles. The number of amides is 3. The normalized spacial score (nSPS) is 25.1. The molecule has 12 heteroatoms. The number of allylic oxidation sites excluding steroid dienone is 1. The highest BCUT2D eigenvalue weighted by molar-refractivity contribution is 6.31. The first kappa shape index (κ1) is 29.0. The smallest absolute Gasteiger partial charge is 0.248 e. The summed E-state index contributed by atoms with van der Waals surface area (Å²) in [4.78, 5) is 52.3. The fraction of sp³-hybridized carbons (Fsp3) is 0.483. The molecule has 1 N–H and O–H groups in total. The number of carbonyl (C=O) groups is 3. The number of anilines is 1. The number of aromatic nitrogens is 2. The van der Waals surface area contributed by atoms with Crippen LogP contribution in [0.25, 0.3) is 0 Å². The zero-order chi connectivity index (χ0) is 29.1. The van der Waals surface area contributed by atoms with E-state index in [4.69, 9.17) is 11.6 Å². The van der Waals surface area contributed by atoms with Crippen LogP contribution in [0.2, 0.25) is 5.02 Å². The number of carbonyl (C=O) groups excluding carboxylic acids is 3. The number of benzene rings is 1. The van der Waals surface area contributed by atoms with Crippen molar-refractivity contribution in [2.24, 2.45) is 0 Å². The minimum atomic E-state index is -2.79. The average molecular weight is 590 g/mol. The summed E-state index contributed by atoms with van der Waals surface area (Å²) < 4.78 is 42.4. The number of halogens is 4.